The van der Waals surface area contributed by atoms with Gasteiger partial charge >= 0.3 is 5.97 Å². The minimum Gasteiger partial charge on any atom is -0.459 e. The van der Waals surface area contributed by atoms with Gasteiger partial charge in [0.15, 0.2) is 0 Å². The molecule has 1 fully saturated rings. The van der Waals surface area contributed by atoms with Crippen LogP contribution in [-0.2, 0) is 14.3 Å². The third-order valence-corrected chi connectivity index (χ3v) is 4.45. The van der Waals surface area contributed by atoms with Crippen LogP contribution in [0.2, 0.25) is 0 Å². The number of rotatable bonds is 4. The summed E-state index contributed by atoms with van der Waals surface area (Å²) in [6, 6.07) is 13.1. The quantitative estimate of drug-likeness (QED) is 0.576. The maximum Gasteiger partial charge on any atom is 0.326 e. The molecule has 2 amide bonds. The highest BCUT2D eigenvalue weighted by molar-refractivity contribution is 8.18. The summed E-state index contributed by atoms with van der Waals surface area (Å²) in [5.74, 6) is -0.0459. The number of amides is 2. The van der Waals surface area contributed by atoms with Crippen molar-refractivity contribution in [2.75, 3.05) is 6.54 Å². The summed E-state index contributed by atoms with van der Waals surface area (Å²) in [6.45, 7) is 4.76. The highest BCUT2D eigenvalue weighted by Gasteiger charge is 2.37. The van der Waals surface area contributed by atoms with Crippen LogP contribution in [0.25, 0.3) is 17.4 Å². The number of thioether (sulfide) groups is 1. The van der Waals surface area contributed by atoms with Crippen molar-refractivity contribution >= 4 is 35.0 Å². The van der Waals surface area contributed by atoms with Crippen LogP contribution in [0, 0.1) is 0 Å². The molecule has 3 rings (SSSR count). The number of furan rings is 1. The molecule has 7 heteroatoms. The van der Waals surface area contributed by atoms with E-state index in [0.717, 1.165) is 22.2 Å². The van der Waals surface area contributed by atoms with E-state index in [1.54, 1.807) is 32.9 Å². The molecule has 0 spiro atoms. The Morgan fingerprint density at radius 3 is 2.52 bits per heavy atom. The van der Waals surface area contributed by atoms with E-state index < -0.39 is 29.3 Å². The van der Waals surface area contributed by atoms with Gasteiger partial charge in [-0.2, -0.15) is 0 Å². The smallest absolute Gasteiger partial charge is 0.326 e. The second-order valence-corrected chi connectivity index (χ2v) is 7.92. The van der Waals surface area contributed by atoms with Gasteiger partial charge in [-0.15, -0.1) is 0 Å². The fourth-order valence-corrected chi connectivity index (χ4v) is 3.27. The molecule has 0 aliphatic carbocycles. The third-order valence-electron chi connectivity index (χ3n) is 3.54. The molecule has 0 atom stereocenters. The molecule has 0 radical (unpaired) electrons. The summed E-state index contributed by atoms with van der Waals surface area (Å²) >= 11 is 0.772. The zero-order valence-electron chi connectivity index (χ0n) is 15.2. The van der Waals surface area contributed by atoms with Gasteiger partial charge in [-0.25, -0.2) is 0 Å². The second-order valence-electron chi connectivity index (χ2n) is 6.92. The van der Waals surface area contributed by atoms with Gasteiger partial charge < -0.3 is 9.15 Å². The monoisotopic (exact) mass is 385 g/mol. The lowest BCUT2D eigenvalue weighted by Crippen LogP contribution is -2.37. The molecule has 0 saturated carbocycles. The van der Waals surface area contributed by atoms with Crippen molar-refractivity contribution in [3.05, 3.63) is 53.1 Å². The first-order chi connectivity index (χ1) is 12.7. The van der Waals surface area contributed by atoms with E-state index in [-0.39, 0.29) is 4.91 Å². The molecule has 1 aromatic heterocycles. The van der Waals surface area contributed by atoms with E-state index in [2.05, 4.69) is 0 Å². The van der Waals surface area contributed by atoms with Crippen molar-refractivity contribution in [2.24, 2.45) is 0 Å². The number of hydrogen-bond donors (Lipinski definition) is 0. The Labute approximate surface area is 161 Å². The Bertz CT molecular complexity index is 908. The molecular weight excluding hydrogens is 366 g/mol. The maximum atomic E-state index is 12.5. The van der Waals surface area contributed by atoms with Crippen molar-refractivity contribution in [1.82, 2.24) is 4.90 Å². The number of imide groups is 1. The van der Waals surface area contributed by atoms with Crippen molar-refractivity contribution in [2.45, 2.75) is 26.4 Å². The first kappa shape index (κ1) is 19.0. The summed E-state index contributed by atoms with van der Waals surface area (Å²) in [4.78, 5) is 37.6. The normalized spacial score (nSPS) is 16.3. The Hall–Kier alpha value is -2.80. The van der Waals surface area contributed by atoms with Gasteiger partial charge in [-0.3, -0.25) is 19.3 Å². The molecule has 1 aliphatic heterocycles. The molecule has 1 saturated heterocycles. The van der Waals surface area contributed by atoms with E-state index >= 15 is 0 Å². The summed E-state index contributed by atoms with van der Waals surface area (Å²) in [5.41, 5.74) is 0.228. The molecule has 2 heterocycles. The number of benzene rings is 1. The molecule has 1 aromatic carbocycles. The van der Waals surface area contributed by atoms with Crippen molar-refractivity contribution in [3.63, 3.8) is 0 Å². The van der Waals surface area contributed by atoms with Gasteiger partial charge in [0.2, 0.25) is 0 Å². The average Bonchev–Trinajstić information content (AvgIpc) is 3.15. The van der Waals surface area contributed by atoms with E-state index in [1.165, 1.54) is 6.08 Å². The zero-order valence-corrected chi connectivity index (χ0v) is 16.0. The van der Waals surface area contributed by atoms with Crippen LogP contribution in [0.5, 0.6) is 0 Å². The highest BCUT2D eigenvalue weighted by Crippen LogP contribution is 2.33. The first-order valence-corrected chi connectivity index (χ1v) is 9.17. The number of esters is 1. The molecule has 6 nitrogen and oxygen atoms in total. The summed E-state index contributed by atoms with van der Waals surface area (Å²) in [6.07, 6.45) is 1.51. The largest absolute Gasteiger partial charge is 0.459 e. The number of hydrogen-bond acceptors (Lipinski definition) is 6. The molecular formula is C20H19NO5S. The molecule has 140 valence electrons. The minimum absolute atomic E-state index is 0.206. The molecule has 0 N–H and O–H groups in total. The molecule has 2 aromatic rings. The van der Waals surface area contributed by atoms with Gasteiger partial charge in [0.1, 0.15) is 23.7 Å². The highest BCUT2D eigenvalue weighted by atomic mass is 32.2. The molecule has 0 bridgehead atoms. The van der Waals surface area contributed by atoms with Crippen LogP contribution in [0.1, 0.15) is 26.5 Å². The van der Waals surface area contributed by atoms with Crippen molar-refractivity contribution < 1.29 is 23.5 Å². The fourth-order valence-electron chi connectivity index (χ4n) is 2.46. The van der Waals surface area contributed by atoms with Gasteiger partial charge in [0.05, 0.1) is 4.91 Å². The van der Waals surface area contributed by atoms with Crippen LogP contribution in [0.3, 0.4) is 0 Å². The van der Waals surface area contributed by atoms with Crippen LogP contribution in [0.15, 0.2) is 51.8 Å². The van der Waals surface area contributed by atoms with E-state index in [0.29, 0.717) is 11.5 Å². The van der Waals surface area contributed by atoms with Crippen molar-refractivity contribution in [3.8, 4) is 11.3 Å². The SMILES string of the molecule is CC(C)(C)OC(=O)CN1C(=O)S/C(=C\c2ccc(-c3ccccc3)o2)C1=O. The number of ether oxygens (including phenoxy) is 1. The molecule has 0 unspecified atom stereocenters. The van der Waals surface area contributed by atoms with E-state index in [9.17, 15) is 14.4 Å². The Morgan fingerprint density at radius 1 is 1.15 bits per heavy atom. The maximum absolute atomic E-state index is 12.5. The number of carbonyl (C=O) groups is 3. The first-order valence-electron chi connectivity index (χ1n) is 8.35. The topological polar surface area (TPSA) is 76.8 Å². The lowest BCUT2D eigenvalue weighted by atomic mass is 10.2. The third kappa shape index (κ3) is 4.68. The minimum atomic E-state index is -0.684. The molecule has 1 aliphatic rings. The van der Waals surface area contributed by atoms with Gasteiger partial charge in [-0.1, -0.05) is 30.3 Å². The summed E-state index contributed by atoms with van der Waals surface area (Å²) in [5, 5.41) is -0.507. The Balaban J connectivity index is 1.73. The zero-order chi connectivity index (χ0) is 19.6. The van der Waals surface area contributed by atoms with Gasteiger partial charge in [-0.05, 0) is 44.7 Å². The lowest BCUT2D eigenvalue weighted by Gasteiger charge is -2.21. The van der Waals surface area contributed by atoms with Crippen LogP contribution in [0.4, 0.5) is 4.79 Å². The predicted octanol–water partition coefficient (Wildman–Crippen LogP) is 4.32. The van der Waals surface area contributed by atoms with Crippen LogP contribution < -0.4 is 0 Å². The van der Waals surface area contributed by atoms with Gasteiger partial charge in [0, 0.05) is 11.6 Å². The summed E-state index contributed by atoms with van der Waals surface area (Å²) < 4.78 is 10.9. The number of carbonyl (C=O) groups excluding carboxylic acids is 3. The van der Waals surface area contributed by atoms with Gasteiger partial charge in [0.25, 0.3) is 11.1 Å². The van der Waals surface area contributed by atoms with Crippen LogP contribution >= 0.6 is 11.8 Å². The average molecular weight is 385 g/mol. The predicted molar refractivity (Wildman–Crippen MR) is 103 cm³/mol. The van der Waals surface area contributed by atoms with E-state index in [4.69, 9.17) is 9.15 Å². The van der Waals surface area contributed by atoms with E-state index in [1.807, 2.05) is 30.3 Å². The van der Waals surface area contributed by atoms with Crippen LogP contribution in [-0.4, -0.2) is 34.2 Å². The fraction of sp³-hybridized carbons (Fsp3) is 0.250. The Morgan fingerprint density at radius 2 is 1.85 bits per heavy atom. The molecule has 27 heavy (non-hydrogen) atoms. The second kappa shape index (κ2) is 7.44. The van der Waals surface area contributed by atoms with Crippen molar-refractivity contribution in [1.29, 1.82) is 0 Å². The lowest BCUT2D eigenvalue weighted by molar-refractivity contribution is -0.156. The number of nitrogens with zero attached hydrogens (tertiary/aromatic N) is 1. The standard InChI is InChI=1S/C20H19NO5S/c1-20(2,3)26-17(22)12-21-18(23)16(27-19(21)24)11-14-9-10-15(25-14)13-7-5-4-6-8-13/h4-11H,12H2,1-3H3/b16-11-. The summed E-state index contributed by atoms with van der Waals surface area (Å²) in [7, 11) is 0. The Kier molecular flexibility index (Phi) is 5.23.